The zero-order valence-electron chi connectivity index (χ0n) is 11.0. The number of nitrogen functional groups attached to an aromatic ring is 1. The van der Waals surface area contributed by atoms with E-state index in [9.17, 15) is 4.79 Å². The summed E-state index contributed by atoms with van der Waals surface area (Å²) in [4.78, 5) is 16.1. The van der Waals surface area contributed by atoms with Crippen LogP contribution in [0.1, 0.15) is 12.8 Å². The van der Waals surface area contributed by atoms with Crippen molar-refractivity contribution in [1.82, 2.24) is 19.6 Å². The van der Waals surface area contributed by atoms with E-state index in [0.717, 1.165) is 13.1 Å². The summed E-state index contributed by atoms with van der Waals surface area (Å²) in [6.07, 6.45) is 5.62. The Hall–Kier alpha value is -1.56. The molecule has 2 rings (SSSR count). The lowest BCUT2D eigenvalue weighted by molar-refractivity contribution is -0.131. The predicted octanol–water partition coefficient (Wildman–Crippen LogP) is 0.0179. The highest BCUT2D eigenvalue weighted by molar-refractivity contribution is 5.75. The van der Waals surface area contributed by atoms with Crippen LogP contribution in [0.5, 0.6) is 0 Å². The van der Waals surface area contributed by atoms with Crippen LogP contribution in [0.3, 0.4) is 0 Å². The average molecular weight is 251 g/mol. The third kappa shape index (κ3) is 3.01. The molecule has 1 aromatic rings. The van der Waals surface area contributed by atoms with Gasteiger partial charge in [-0.2, -0.15) is 5.10 Å². The monoisotopic (exact) mass is 251 g/mol. The molecule has 0 aromatic carbocycles. The van der Waals surface area contributed by atoms with Crippen molar-refractivity contribution >= 4 is 11.6 Å². The molecule has 6 nitrogen and oxygen atoms in total. The average Bonchev–Trinajstić information content (AvgIpc) is 2.89. The molecule has 0 saturated carbocycles. The summed E-state index contributed by atoms with van der Waals surface area (Å²) in [5.41, 5.74) is 6.15. The van der Waals surface area contributed by atoms with Gasteiger partial charge in [-0.15, -0.1) is 0 Å². The number of aromatic nitrogens is 2. The number of nitrogens with zero attached hydrogens (tertiary/aromatic N) is 4. The summed E-state index contributed by atoms with van der Waals surface area (Å²) in [5, 5.41) is 4.02. The highest BCUT2D eigenvalue weighted by atomic mass is 16.2. The topological polar surface area (TPSA) is 67.4 Å². The number of likely N-dealkylation sites (tertiary alicyclic amines) is 1. The lowest BCUT2D eigenvalue weighted by atomic mass is 10.2. The van der Waals surface area contributed by atoms with Crippen molar-refractivity contribution in [2.45, 2.75) is 25.4 Å². The number of anilines is 1. The molecule has 0 spiro atoms. The second-order valence-corrected chi connectivity index (χ2v) is 5.02. The zero-order valence-corrected chi connectivity index (χ0v) is 11.0. The first-order valence-corrected chi connectivity index (χ1v) is 6.28. The Bertz CT molecular complexity index is 416. The van der Waals surface area contributed by atoms with Crippen LogP contribution in [0.4, 0.5) is 5.69 Å². The number of rotatable bonds is 4. The molecule has 1 aliphatic heterocycles. The first-order valence-electron chi connectivity index (χ1n) is 6.28. The fraction of sp³-hybridized carbons (Fsp3) is 0.667. The maximum Gasteiger partial charge on any atom is 0.244 e. The molecule has 1 amide bonds. The van der Waals surface area contributed by atoms with E-state index < -0.39 is 0 Å². The van der Waals surface area contributed by atoms with Gasteiger partial charge < -0.3 is 15.5 Å². The number of hydrogen-bond acceptors (Lipinski definition) is 4. The van der Waals surface area contributed by atoms with E-state index in [4.69, 9.17) is 5.73 Å². The first-order chi connectivity index (χ1) is 8.56. The molecule has 2 heterocycles. The van der Waals surface area contributed by atoms with Gasteiger partial charge in [0.2, 0.25) is 5.91 Å². The highest BCUT2D eigenvalue weighted by Crippen LogP contribution is 2.15. The number of nitrogens with two attached hydrogens (primary N) is 1. The van der Waals surface area contributed by atoms with Crippen molar-refractivity contribution in [2.24, 2.45) is 0 Å². The minimum atomic E-state index is 0.0680. The molecule has 100 valence electrons. The Morgan fingerprint density at radius 1 is 1.67 bits per heavy atom. The minimum absolute atomic E-state index is 0.0680. The number of carbonyl (C=O) groups excluding carboxylic acids is 1. The molecule has 0 radical (unpaired) electrons. The van der Waals surface area contributed by atoms with Crippen LogP contribution >= 0.6 is 0 Å². The lowest BCUT2D eigenvalue weighted by Gasteiger charge is -2.25. The Morgan fingerprint density at radius 3 is 3.00 bits per heavy atom. The van der Waals surface area contributed by atoms with Gasteiger partial charge in [0, 0.05) is 25.8 Å². The molecule has 1 aliphatic rings. The van der Waals surface area contributed by atoms with Gasteiger partial charge in [-0.25, -0.2) is 0 Å². The number of likely N-dealkylation sites (N-methyl/N-ethyl adjacent to an activating group) is 2. The van der Waals surface area contributed by atoms with E-state index in [1.807, 2.05) is 7.05 Å². The molecule has 1 unspecified atom stereocenters. The quantitative estimate of drug-likeness (QED) is 0.819. The molecule has 1 saturated heterocycles. The van der Waals surface area contributed by atoms with E-state index in [1.165, 1.54) is 12.8 Å². The SMILES string of the molecule is CN(CC1CCCN1C)C(=O)Cn1cc(N)cn1. The number of amides is 1. The predicted molar refractivity (Wildman–Crippen MR) is 69.9 cm³/mol. The summed E-state index contributed by atoms with van der Waals surface area (Å²) < 4.78 is 1.58. The molecular weight excluding hydrogens is 230 g/mol. The molecule has 0 bridgehead atoms. The largest absolute Gasteiger partial charge is 0.396 e. The van der Waals surface area contributed by atoms with Crippen LogP contribution in [0.15, 0.2) is 12.4 Å². The first kappa shape index (κ1) is 12.9. The van der Waals surface area contributed by atoms with Gasteiger partial charge in [0.15, 0.2) is 0 Å². The molecule has 6 heteroatoms. The fourth-order valence-corrected chi connectivity index (χ4v) is 2.35. The van der Waals surface area contributed by atoms with Gasteiger partial charge in [-0.1, -0.05) is 0 Å². The van der Waals surface area contributed by atoms with Crippen LogP contribution in [-0.2, 0) is 11.3 Å². The molecule has 0 aliphatic carbocycles. The Kier molecular flexibility index (Phi) is 3.86. The molecule has 2 N–H and O–H groups in total. The van der Waals surface area contributed by atoms with Gasteiger partial charge in [-0.05, 0) is 26.4 Å². The molecule has 18 heavy (non-hydrogen) atoms. The maximum absolute atomic E-state index is 12.0. The van der Waals surface area contributed by atoms with E-state index in [0.29, 0.717) is 11.7 Å². The van der Waals surface area contributed by atoms with Crippen LogP contribution in [0.2, 0.25) is 0 Å². The number of carbonyl (C=O) groups is 1. The lowest BCUT2D eigenvalue weighted by Crippen LogP contribution is -2.40. The summed E-state index contributed by atoms with van der Waals surface area (Å²) >= 11 is 0. The van der Waals surface area contributed by atoms with Crippen LogP contribution < -0.4 is 5.73 Å². The van der Waals surface area contributed by atoms with Crippen LogP contribution in [-0.4, -0.2) is 58.7 Å². The van der Waals surface area contributed by atoms with Crippen molar-refractivity contribution in [3.8, 4) is 0 Å². The zero-order chi connectivity index (χ0) is 13.1. The molecule has 1 atom stereocenters. The minimum Gasteiger partial charge on any atom is -0.396 e. The summed E-state index contributed by atoms with van der Waals surface area (Å²) in [6.45, 7) is 2.17. The van der Waals surface area contributed by atoms with E-state index in [2.05, 4.69) is 17.0 Å². The van der Waals surface area contributed by atoms with Gasteiger partial charge in [0.1, 0.15) is 6.54 Å². The third-order valence-electron chi connectivity index (χ3n) is 3.53. The van der Waals surface area contributed by atoms with Crippen LogP contribution in [0, 0.1) is 0 Å². The summed E-state index contributed by atoms with van der Waals surface area (Å²) in [5.74, 6) is 0.0680. The van der Waals surface area contributed by atoms with Crippen molar-refractivity contribution < 1.29 is 4.79 Å². The molecule has 1 fully saturated rings. The molecule has 1 aromatic heterocycles. The second-order valence-electron chi connectivity index (χ2n) is 5.02. The summed E-state index contributed by atoms with van der Waals surface area (Å²) in [6, 6.07) is 0.488. The fourth-order valence-electron chi connectivity index (χ4n) is 2.35. The third-order valence-corrected chi connectivity index (χ3v) is 3.53. The van der Waals surface area contributed by atoms with E-state index in [-0.39, 0.29) is 12.5 Å². The highest BCUT2D eigenvalue weighted by Gasteiger charge is 2.23. The van der Waals surface area contributed by atoms with Gasteiger partial charge in [-0.3, -0.25) is 9.48 Å². The molecular formula is C12H21N5O. The summed E-state index contributed by atoms with van der Waals surface area (Å²) in [7, 11) is 3.96. The normalized spacial score (nSPS) is 20.2. The van der Waals surface area contributed by atoms with Gasteiger partial charge >= 0.3 is 0 Å². The van der Waals surface area contributed by atoms with Crippen LogP contribution in [0.25, 0.3) is 0 Å². The Labute approximate surface area is 107 Å². The Morgan fingerprint density at radius 2 is 2.44 bits per heavy atom. The Balaban J connectivity index is 1.84. The van der Waals surface area contributed by atoms with E-state index >= 15 is 0 Å². The van der Waals surface area contributed by atoms with Gasteiger partial charge in [0.25, 0.3) is 0 Å². The van der Waals surface area contributed by atoms with Crippen molar-refractivity contribution in [3.63, 3.8) is 0 Å². The standard InChI is InChI=1S/C12H21N5O/c1-15-5-3-4-11(15)8-16(2)12(18)9-17-7-10(13)6-14-17/h6-7,11H,3-5,8-9,13H2,1-2H3. The van der Waals surface area contributed by atoms with Gasteiger partial charge in [0.05, 0.1) is 11.9 Å². The second kappa shape index (κ2) is 5.39. The smallest absolute Gasteiger partial charge is 0.244 e. The van der Waals surface area contributed by atoms with Crippen molar-refractivity contribution in [2.75, 3.05) is 32.9 Å². The van der Waals surface area contributed by atoms with E-state index in [1.54, 1.807) is 22.0 Å². The maximum atomic E-state index is 12.0. The van der Waals surface area contributed by atoms with Crippen molar-refractivity contribution in [3.05, 3.63) is 12.4 Å². The van der Waals surface area contributed by atoms with Crippen molar-refractivity contribution in [1.29, 1.82) is 0 Å². The number of hydrogen-bond donors (Lipinski definition) is 1.